The molecule has 3 aromatic rings. The largest absolute Gasteiger partial charge is 0.480 e. The molecule has 0 aromatic heterocycles. The molecule has 1 atom stereocenters. The maximum absolute atomic E-state index is 14.9. The Morgan fingerprint density at radius 2 is 1.48 bits per heavy atom. The molecule has 0 amide bonds. The number of rotatable bonds is 7. The number of ether oxygens (including phenoxy) is 1. The van der Waals surface area contributed by atoms with Gasteiger partial charge in [-0.15, -0.1) is 0 Å². The number of hydrogen-bond donors (Lipinski definition) is 0. The molecule has 0 aliphatic heterocycles. The summed E-state index contributed by atoms with van der Waals surface area (Å²) in [5.41, 5.74) is -0.580. The highest BCUT2D eigenvalue weighted by atomic mass is 32.2. The van der Waals surface area contributed by atoms with E-state index in [-0.39, 0.29) is 22.5 Å². The summed E-state index contributed by atoms with van der Waals surface area (Å²) in [7, 11) is -0.376. The van der Waals surface area contributed by atoms with Crippen molar-refractivity contribution < 1.29 is 9.13 Å². The van der Waals surface area contributed by atoms with Crippen LogP contribution in [0.15, 0.2) is 106 Å². The molecule has 138 valence electrons. The Morgan fingerprint density at radius 3 is 1.93 bits per heavy atom. The third-order valence-electron chi connectivity index (χ3n) is 4.57. The van der Waals surface area contributed by atoms with Crippen LogP contribution in [0.5, 0.6) is 5.75 Å². The summed E-state index contributed by atoms with van der Waals surface area (Å²) in [4.78, 5) is 3.23. The summed E-state index contributed by atoms with van der Waals surface area (Å²) in [5.74, 6) is -0.0916. The highest BCUT2D eigenvalue weighted by molar-refractivity contribution is 7.97. The van der Waals surface area contributed by atoms with E-state index in [1.54, 1.807) is 18.2 Å². The average Bonchev–Trinajstić information content (AvgIpc) is 2.72. The van der Waals surface area contributed by atoms with Crippen LogP contribution in [0.2, 0.25) is 0 Å². The van der Waals surface area contributed by atoms with Crippen molar-refractivity contribution in [1.29, 1.82) is 0 Å². The van der Waals surface area contributed by atoms with Gasteiger partial charge in [0.1, 0.15) is 5.60 Å². The molecule has 0 saturated carbocycles. The summed E-state index contributed by atoms with van der Waals surface area (Å²) in [5, 5.41) is 0. The van der Waals surface area contributed by atoms with Crippen molar-refractivity contribution in [3.05, 3.63) is 97.3 Å². The van der Waals surface area contributed by atoms with Gasteiger partial charge in [-0.2, -0.15) is 0 Å². The Labute approximate surface area is 163 Å². The molecule has 3 aromatic carbocycles. The second kappa shape index (κ2) is 8.45. The zero-order valence-corrected chi connectivity index (χ0v) is 16.5. The van der Waals surface area contributed by atoms with E-state index in [2.05, 4.69) is 30.8 Å². The quantitative estimate of drug-likeness (QED) is 0.330. The van der Waals surface area contributed by atoms with Crippen molar-refractivity contribution in [3.63, 3.8) is 0 Å². The van der Waals surface area contributed by atoms with Crippen molar-refractivity contribution in [2.45, 2.75) is 40.6 Å². The molecule has 0 heterocycles. The molecule has 27 heavy (non-hydrogen) atoms. The number of halogens is 1. The van der Waals surface area contributed by atoms with Crippen LogP contribution in [0.25, 0.3) is 0 Å². The van der Waals surface area contributed by atoms with Crippen LogP contribution in [0.3, 0.4) is 0 Å². The molecule has 0 bridgehead atoms. The van der Waals surface area contributed by atoms with Crippen LogP contribution in [-0.4, -0.2) is 5.60 Å². The lowest BCUT2D eigenvalue weighted by molar-refractivity contribution is 0.130. The van der Waals surface area contributed by atoms with Crippen molar-refractivity contribution in [3.8, 4) is 5.75 Å². The van der Waals surface area contributed by atoms with Gasteiger partial charge in [0.05, 0.1) is 10.9 Å². The fourth-order valence-corrected chi connectivity index (χ4v) is 4.82. The van der Waals surface area contributed by atoms with Crippen LogP contribution in [0.4, 0.5) is 4.39 Å². The number of benzene rings is 3. The van der Waals surface area contributed by atoms with Crippen LogP contribution in [-0.2, 0) is 10.9 Å². The molecular weight excluding hydrogens is 355 g/mol. The predicted molar refractivity (Wildman–Crippen MR) is 111 cm³/mol. The first-order valence-electron chi connectivity index (χ1n) is 9.03. The highest BCUT2D eigenvalue weighted by Gasteiger charge is 2.30. The Bertz CT molecular complexity index is 855. The topological polar surface area (TPSA) is 9.23 Å². The van der Waals surface area contributed by atoms with Gasteiger partial charge in [0.2, 0.25) is 0 Å². The van der Waals surface area contributed by atoms with Gasteiger partial charge in [0.25, 0.3) is 0 Å². The normalized spacial score (nSPS) is 13.2. The van der Waals surface area contributed by atoms with Gasteiger partial charge in [-0.1, -0.05) is 49.9 Å². The zero-order valence-electron chi connectivity index (χ0n) is 15.7. The van der Waals surface area contributed by atoms with E-state index in [1.807, 2.05) is 56.3 Å². The first-order valence-corrected chi connectivity index (χ1v) is 10.3. The Morgan fingerprint density at radius 1 is 0.926 bits per heavy atom. The van der Waals surface area contributed by atoms with E-state index in [1.165, 1.54) is 0 Å². The molecule has 3 heteroatoms. The average molecular weight is 380 g/mol. The minimum absolute atomic E-state index is 0.257. The van der Waals surface area contributed by atoms with Crippen LogP contribution < -0.4 is 4.74 Å². The molecule has 0 aliphatic rings. The van der Waals surface area contributed by atoms with Gasteiger partial charge in [-0.05, 0) is 55.8 Å². The summed E-state index contributed by atoms with van der Waals surface area (Å²) < 4.78 is 20.8. The first-order chi connectivity index (χ1) is 13.1. The van der Waals surface area contributed by atoms with Gasteiger partial charge in [-0.25, -0.2) is 4.39 Å². The van der Waals surface area contributed by atoms with E-state index in [0.717, 1.165) is 21.1 Å². The lowest BCUT2D eigenvalue weighted by Crippen LogP contribution is -2.28. The van der Waals surface area contributed by atoms with Crippen molar-refractivity contribution in [1.82, 2.24) is 0 Å². The minimum Gasteiger partial charge on any atom is -0.480 e. The Kier molecular flexibility index (Phi) is 6.02. The van der Waals surface area contributed by atoms with E-state index < -0.39 is 5.60 Å². The van der Waals surface area contributed by atoms with Gasteiger partial charge in [0, 0.05) is 6.07 Å². The van der Waals surface area contributed by atoms with Gasteiger partial charge < -0.3 is 4.74 Å². The lowest BCUT2D eigenvalue weighted by atomic mass is 10.0. The number of hydrogen-bond acceptors (Lipinski definition) is 1. The third kappa shape index (κ3) is 4.42. The van der Waals surface area contributed by atoms with Crippen LogP contribution in [0.1, 0.15) is 20.3 Å². The molecule has 0 radical (unpaired) electrons. The van der Waals surface area contributed by atoms with Crippen LogP contribution in [0, 0.1) is 5.82 Å². The van der Waals surface area contributed by atoms with Crippen molar-refractivity contribution in [2.24, 2.45) is 0 Å². The van der Waals surface area contributed by atoms with Gasteiger partial charge in [0.15, 0.2) is 26.3 Å². The lowest BCUT2D eigenvalue weighted by Gasteiger charge is -2.26. The molecule has 0 N–H and O–H groups in total. The molecule has 3 rings (SSSR count). The fraction of sp³-hybridized carbons (Fsp3) is 0.167. The second-order valence-electron chi connectivity index (χ2n) is 6.50. The summed E-state index contributed by atoms with van der Waals surface area (Å²) in [6.45, 7) is 7.71. The van der Waals surface area contributed by atoms with E-state index in [0.29, 0.717) is 0 Å². The van der Waals surface area contributed by atoms with E-state index in [4.69, 9.17) is 4.74 Å². The molecular formula is C24H24FOS+. The molecule has 1 unspecified atom stereocenters. The standard InChI is InChI=1S/C24H24FOS/c1-4-24(3,5-2)26-23-17-16-21(18-22(23)25)27(19-12-8-6-9-13-19)20-14-10-7-11-15-20/h4,6-18H,1,5H2,2-3H3/q+1. The van der Waals surface area contributed by atoms with Gasteiger partial charge in [-0.3, -0.25) is 0 Å². The third-order valence-corrected chi connectivity index (χ3v) is 6.79. The molecule has 0 spiro atoms. The molecule has 0 saturated heterocycles. The fourth-order valence-electron chi connectivity index (χ4n) is 2.72. The molecule has 1 nitrogen and oxygen atoms in total. The van der Waals surface area contributed by atoms with Crippen molar-refractivity contribution >= 4 is 10.9 Å². The Balaban J connectivity index is 2.01. The van der Waals surface area contributed by atoms with Crippen molar-refractivity contribution in [2.75, 3.05) is 0 Å². The van der Waals surface area contributed by atoms with Crippen LogP contribution >= 0.6 is 0 Å². The summed E-state index contributed by atoms with van der Waals surface area (Å²) in [6, 6.07) is 25.7. The monoisotopic (exact) mass is 379 g/mol. The Hall–Kier alpha value is -2.52. The van der Waals surface area contributed by atoms with E-state index >= 15 is 0 Å². The second-order valence-corrected chi connectivity index (χ2v) is 8.52. The van der Waals surface area contributed by atoms with E-state index in [9.17, 15) is 4.39 Å². The van der Waals surface area contributed by atoms with Gasteiger partial charge >= 0.3 is 0 Å². The zero-order chi connectivity index (χ0) is 19.3. The maximum atomic E-state index is 14.9. The maximum Gasteiger partial charge on any atom is 0.170 e. The SMILES string of the molecule is C=CC(C)(CC)Oc1ccc([S+](c2ccccc2)c2ccccc2)cc1F. The summed E-state index contributed by atoms with van der Waals surface area (Å²) in [6.07, 6.45) is 2.44. The molecule has 0 aliphatic carbocycles. The highest BCUT2D eigenvalue weighted by Crippen LogP contribution is 2.34. The minimum atomic E-state index is -0.580. The first kappa shape index (κ1) is 19.2. The smallest absolute Gasteiger partial charge is 0.170 e. The molecule has 0 fully saturated rings. The summed E-state index contributed by atoms with van der Waals surface area (Å²) >= 11 is 0. The predicted octanol–water partition coefficient (Wildman–Crippen LogP) is 6.65.